The number of hydrogen-bond donors (Lipinski definition) is 1. The maximum atomic E-state index is 5.61. The molecule has 0 saturated heterocycles. The standard InChI is InChI=1S/C46H34N4/c1-5-16-34-28(6-2)40-35(46(34,3)4)26-25-33-41(27-17-8-7-9-18-27)48-45(49-42(33)40)50-37-24-15-13-22-32(37)39-30-20-11-10-19-29(30)38-31-21-12-14-23-36(31)47-43(38)44(39)50/h5-26,47H,2H2,1,3-4H3/b16-5-. The number of benzene rings is 6. The summed E-state index contributed by atoms with van der Waals surface area (Å²) in [6.07, 6.45) is 6.36. The predicted octanol–water partition coefficient (Wildman–Crippen LogP) is 12.0. The first-order chi connectivity index (χ1) is 24.5. The van der Waals surface area contributed by atoms with Crippen molar-refractivity contribution < 1.29 is 0 Å². The van der Waals surface area contributed by atoms with Crippen molar-refractivity contribution in [3.63, 3.8) is 0 Å². The lowest BCUT2D eigenvalue weighted by atomic mass is 9.80. The van der Waals surface area contributed by atoms with Crippen LogP contribution in [0.3, 0.4) is 0 Å². The van der Waals surface area contributed by atoms with Crippen LogP contribution in [0.4, 0.5) is 0 Å². The van der Waals surface area contributed by atoms with Crippen molar-refractivity contribution >= 4 is 70.9 Å². The minimum absolute atomic E-state index is 0.208. The van der Waals surface area contributed by atoms with E-state index in [1.165, 1.54) is 43.5 Å². The van der Waals surface area contributed by atoms with Crippen LogP contribution in [0, 0.1) is 0 Å². The Balaban J connectivity index is 1.44. The highest BCUT2D eigenvalue weighted by Gasteiger charge is 2.37. The molecule has 0 unspecified atom stereocenters. The SMILES string of the molecule is C=CC1=C(/C=C\C)C(C)(C)c2ccc3c(-c4ccccc4)nc(-n4c5ccccc5c5c6ccccc6c6c7ccccc7[nH]c6c54)nc3c21. The number of fused-ring (bicyclic) bond motifs is 13. The fourth-order valence-electron chi connectivity index (χ4n) is 8.66. The number of H-pyrrole nitrogens is 1. The van der Waals surface area contributed by atoms with E-state index in [0.29, 0.717) is 5.95 Å². The summed E-state index contributed by atoms with van der Waals surface area (Å²) >= 11 is 0. The fraction of sp³-hybridized carbons (Fsp3) is 0.0870. The molecule has 4 heteroatoms. The Morgan fingerprint density at radius 1 is 0.700 bits per heavy atom. The first kappa shape index (κ1) is 28.7. The number of para-hydroxylation sites is 2. The van der Waals surface area contributed by atoms with Crippen molar-refractivity contribution in [3.05, 3.63) is 157 Å². The van der Waals surface area contributed by atoms with Gasteiger partial charge in [-0.05, 0) is 46.5 Å². The van der Waals surface area contributed by atoms with Gasteiger partial charge in [0, 0.05) is 49.0 Å². The topological polar surface area (TPSA) is 46.5 Å². The van der Waals surface area contributed by atoms with Gasteiger partial charge in [-0.2, -0.15) is 0 Å². The van der Waals surface area contributed by atoms with Gasteiger partial charge in [-0.15, -0.1) is 0 Å². The van der Waals surface area contributed by atoms with Gasteiger partial charge < -0.3 is 4.98 Å². The quantitative estimate of drug-likeness (QED) is 0.208. The van der Waals surface area contributed by atoms with Crippen molar-refractivity contribution in [2.24, 2.45) is 0 Å². The third-order valence-corrected chi connectivity index (χ3v) is 10.8. The normalized spacial score (nSPS) is 14.4. The molecule has 3 aromatic heterocycles. The van der Waals surface area contributed by atoms with E-state index < -0.39 is 0 Å². The van der Waals surface area contributed by atoms with E-state index in [2.05, 4.69) is 164 Å². The molecule has 0 aliphatic heterocycles. The molecule has 0 fully saturated rings. The molecule has 6 aromatic carbocycles. The first-order valence-electron chi connectivity index (χ1n) is 17.3. The molecule has 1 N–H and O–H groups in total. The van der Waals surface area contributed by atoms with Crippen LogP contribution in [0.25, 0.3) is 88.1 Å². The molecule has 0 bridgehead atoms. The smallest absolute Gasteiger partial charge is 0.235 e. The Labute approximate surface area is 289 Å². The van der Waals surface area contributed by atoms with E-state index in [0.717, 1.165) is 55.4 Å². The summed E-state index contributed by atoms with van der Waals surface area (Å²) in [6, 6.07) is 41.1. The maximum Gasteiger partial charge on any atom is 0.235 e. The monoisotopic (exact) mass is 642 g/mol. The molecule has 0 atom stereocenters. The van der Waals surface area contributed by atoms with Gasteiger partial charge in [0.05, 0.1) is 27.8 Å². The summed E-state index contributed by atoms with van der Waals surface area (Å²) in [5, 5.41) is 8.27. The van der Waals surface area contributed by atoms with Crippen molar-refractivity contribution in [3.8, 4) is 17.2 Å². The van der Waals surface area contributed by atoms with E-state index in [4.69, 9.17) is 9.97 Å². The van der Waals surface area contributed by atoms with Gasteiger partial charge in [0.15, 0.2) is 0 Å². The minimum Gasteiger partial charge on any atom is -0.353 e. The number of nitrogens with one attached hydrogen (secondary N) is 1. The molecule has 0 amide bonds. The Kier molecular flexibility index (Phi) is 5.96. The van der Waals surface area contributed by atoms with Gasteiger partial charge in [0.2, 0.25) is 5.95 Å². The molecule has 238 valence electrons. The van der Waals surface area contributed by atoms with E-state index in [-0.39, 0.29) is 5.41 Å². The molecule has 0 saturated carbocycles. The Hall–Kier alpha value is -6.26. The molecule has 1 aliphatic rings. The number of aromatic amines is 1. The molecule has 4 nitrogen and oxygen atoms in total. The highest BCUT2D eigenvalue weighted by molar-refractivity contribution is 6.35. The van der Waals surface area contributed by atoms with Crippen LogP contribution in [0.2, 0.25) is 0 Å². The van der Waals surface area contributed by atoms with Crippen molar-refractivity contribution in [1.82, 2.24) is 19.5 Å². The van der Waals surface area contributed by atoms with E-state index in [9.17, 15) is 0 Å². The third kappa shape index (κ3) is 3.71. The predicted molar refractivity (Wildman–Crippen MR) is 211 cm³/mol. The highest BCUT2D eigenvalue weighted by atomic mass is 15.2. The van der Waals surface area contributed by atoms with Gasteiger partial charge in [-0.25, -0.2) is 9.97 Å². The van der Waals surface area contributed by atoms with Crippen LogP contribution in [0.5, 0.6) is 0 Å². The van der Waals surface area contributed by atoms with Crippen LogP contribution in [-0.4, -0.2) is 19.5 Å². The van der Waals surface area contributed by atoms with E-state index in [1.807, 2.05) is 6.08 Å². The van der Waals surface area contributed by atoms with Gasteiger partial charge in [-0.3, -0.25) is 4.57 Å². The van der Waals surface area contributed by atoms with Gasteiger partial charge >= 0.3 is 0 Å². The van der Waals surface area contributed by atoms with Gasteiger partial charge in [-0.1, -0.05) is 142 Å². The second-order valence-corrected chi connectivity index (χ2v) is 13.8. The molecule has 0 spiro atoms. The fourth-order valence-corrected chi connectivity index (χ4v) is 8.66. The molecular formula is C46H34N4. The minimum atomic E-state index is -0.208. The van der Waals surface area contributed by atoms with Gasteiger partial charge in [0.25, 0.3) is 0 Å². The van der Waals surface area contributed by atoms with E-state index >= 15 is 0 Å². The largest absolute Gasteiger partial charge is 0.353 e. The Morgan fingerprint density at radius 3 is 2.14 bits per heavy atom. The van der Waals surface area contributed by atoms with Crippen LogP contribution in [0.15, 0.2) is 146 Å². The maximum absolute atomic E-state index is 5.61. The molecule has 3 heterocycles. The second-order valence-electron chi connectivity index (χ2n) is 13.8. The zero-order valence-corrected chi connectivity index (χ0v) is 28.3. The average Bonchev–Trinajstić information content (AvgIpc) is 3.78. The van der Waals surface area contributed by atoms with Crippen molar-refractivity contribution in [2.75, 3.05) is 0 Å². The third-order valence-electron chi connectivity index (χ3n) is 10.8. The zero-order valence-electron chi connectivity index (χ0n) is 28.3. The lowest BCUT2D eigenvalue weighted by Crippen LogP contribution is -2.16. The zero-order chi connectivity index (χ0) is 33.7. The van der Waals surface area contributed by atoms with Crippen LogP contribution in [-0.2, 0) is 5.41 Å². The van der Waals surface area contributed by atoms with Gasteiger partial charge in [0.1, 0.15) is 0 Å². The van der Waals surface area contributed by atoms with Crippen LogP contribution >= 0.6 is 0 Å². The number of rotatable bonds is 4. The molecule has 10 rings (SSSR count). The summed E-state index contributed by atoms with van der Waals surface area (Å²) in [4.78, 5) is 15.0. The van der Waals surface area contributed by atoms with Crippen LogP contribution < -0.4 is 0 Å². The molecule has 1 aliphatic carbocycles. The Morgan fingerprint density at radius 2 is 1.38 bits per heavy atom. The van der Waals surface area contributed by atoms with Crippen molar-refractivity contribution in [2.45, 2.75) is 26.2 Å². The number of hydrogen-bond acceptors (Lipinski definition) is 2. The highest BCUT2D eigenvalue weighted by Crippen LogP contribution is 2.51. The summed E-state index contributed by atoms with van der Waals surface area (Å²) < 4.78 is 2.30. The van der Waals surface area contributed by atoms with Crippen LogP contribution in [0.1, 0.15) is 31.9 Å². The molecule has 0 radical (unpaired) electrons. The number of nitrogens with zero attached hydrogens (tertiary/aromatic N) is 3. The lowest BCUT2D eigenvalue weighted by molar-refractivity contribution is 0.654. The Bertz CT molecular complexity index is 2970. The molecular weight excluding hydrogens is 609 g/mol. The first-order valence-corrected chi connectivity index (χ1v) is 17.3. The second kappa shape index (κ2) is 10.4. The number of allylic oxidation sites excluding steroid dienone is 5. The van der Waals surface area contributed by atoms with E-state index in [1.54, 1.807) is 0 Å². The lowest BCUT2D eigenvalue weighted by Gasteiger charge is -2.23. The molecule has 9 aromatic rings. The summed E-state index contributed by atoms with van der Waals surface area (Å²) in [7, 11) is 0. The summed E-state index contributed by atoms with van der Waals surface area (Å²) in [5.74, 6) is 0.645. The summed E-state index contributed by atoms with van der Waals surface area (Å²) in [6.45, 7) is 11.0. The van der Waals surface area contributed by atoms with Crippen molar-refractivity contribution in [1.29, 1.82) is 0 Å². The average molecular weight is 643 g/mol. The number of aromatic nitrogens is 4. The summed E-state index contributed by atoms with van der Waals surface area (Å²) in [5.41, 5.74) is 11.8. The molecule has 50 heavy (non-hydrogen) atoms.